The maximum absolute atomic E-state index is 13.3. The molecule has 1 heterocycles. The van der Waals surface area contributed by atoms with E-state index in [2.05, 4.69) is 29.9 Å². The molecule has 0 bridgehead atoms. The van der Waals surface area contributed by atoms with E-state index in [-0.39, 0.29) is 5.82 Å². The van der Waals surface area contributed by atoms with Crippen LogP contribution in [0.5, 0.6) is 5.75 Å². The third kappa shape index (κ3) is 4.04. The molecule has 0 saturated heterocycles. The van der Waals surface area contributed by atoms with Crippen LogP contribution in [0.2, 0.25) is 0 Å². The van der Waals surface area contributed by atoms with Gasteiger partial charge in [-0.25, -0.2) is 9.37 Å². The molecule has 0 aliphatic rings. The summed E-state index contributed by atoms with van der Waals surface area (Å²) in [5, 5.41) is 9.44. The standard InChI is InChI=1S/C20H18FN3O/c1-13(2)12-25-17-6-3-14(4-7-17)9-15(11-22)20-23-18-8-5-16(21)10-19(18)24-20/h3-10,13H,12H2,1-2H3,(H,23,24)/b15-9-. The molecule has 2 aromatic carbocycles. The van der Waals surface area contributed by atoms with Gasteiger partial charge < -0.3 is 9.72 Å². The summed E-state index contributed by atoms with van der Waals surface area (Å²) in [5.41, 5.74) is 2.43. The molecule has 0 saturated carbocycles. The smallest absolute Gasteiger partial charge is 0.149 e. The third-order valence-corrected chi connectivity index (χ3v) is 3.59. The van der Waals surface area contributed by atoms with E-state index in [0.717, 1.165) is 11.3 Å². The number of imidazole rings is 1. The highest BCUT2D eigenvalue weighted by molar-refractivity contribution is 5.90. The first-order valence-corrected chi connectivity index (χ1v) is 8.05. The topological polar surface area (TPSA) is 61.7 Å². The lowest BCUT2D eigenvalue weighted by atomic mass is 10.1. The van der Waals surface area contributed by atoms with E-state index in [0.29, 0.717) is 35.0 Å². The zero-order valence-corrected chi connectivity index (χ0v) is 14.1. The van der Waals surface area contributed by atoms with Gasteiger partial charge in [-0.3, -0.25) is 0 Å². The summed E-state index contributed by atoms with van der Waals surface area (Å²) in [7, 11) is 0. The number of aromatic amines is 1. The van der Waals surface area contributed by atoms with Gasteiger partial charge in [0.1, 0.15) is 23.5 Å². The number of nitrogens with one attached hydrogen (secondary N) is 1. The number of benzene rings is 2. The highest BCUT2D eigenvalue weighted by atomic mass is 19.1. The van der Waals surface area contributed by atoms with E-state index in [1.165, 1.54) is 12.1 Å². The highest BCUT2D eigenvalue weighted by Gasteiger charge is 2.09. The Hall–Kier alpha value is -3.13. The number of aromatic nitrogens is 2. The van der Waals surface area contributed by atoms with E-state index in [1.807, 2.05) is 24.3 Å². The first-order valence-electron chi connectivity index (χ1n) is 8.05. The van der Waals surface area contributed by atoms with Crippen LogP contribution in [0.1, 0.15) is 25.2 Å². The molecule has 0 spiro atoms. The van der Waals surface area contributed by atoms with Crippen molar-refractivity contribution in [3.05, 3.63) is 59.7 Å². The number of H-pyrrole nitrogens is 1. The number of ether oxygens (including phenoxy) is 1. The Morgan fingerprint density at radius 1 is 1.28 bits per heavy atom. The van der Waals surface area contributed by atoms with Crippen molar-refractivity contribution < 1.29 is 9.13 Å². The molecule has 0 radical (unpaired) electrons. The van der Waals surface area contributed by atoms with E-state index < -0.39 is 0 Å². The Bertz CT molecular complexity index is 949. The minimum Gasteiger partial charge on any atom is -0.493 e. The average molecular weight is 335 g/mol. The monoisotopic (exact) mass is 335 g/mol. The number of hydrogen-bond acceptors (Lipinski definition) is 3. The number of allylic oxidation sites excluding steroid dienone is 1. The predicted molar refractivity (Wildman–Crippen MR) is 96.3 cm³/mol. The minimum absolute atomic E-state index is 0.345. The Labute approximate surface area is 145 Å². The Kier molecular flexibility index (Phi) is 4.80. The fourth-order valence-corrected chi connectivity index (χ4v) is 2.35. The molecule has 5 heteroatoms. The molecule has 0 amide bonds. The van der Waals surface area contributed by atoms with E-state index >= 15 is 0 Å². The van der Waals surface area contributed by atoms with E-state index in [4.69, 9.17) is 4.74 Å². The van der Waals surface area contributed by atoms with Crippen molar-refractivity contribution in [1.29, 1.82) is 5.26 Å². The second kappa shape index (κ2) is 7.18. The zero-order valence-electron chi connectivity index (χ0n) is 14.1. The van der Waals surface area contributed by atoms with Crippen LogP contribution in [0.15, 0.2) is 42.5 Å². The predicted octanol–water partition coefficient (Wildman–Crippen LogP) is 4.80. The quantitative estimate of drug-likeness (QED) is 0.681. The highest BCUT2D eigenvalue weighted by Crippen LogP contribution is 2.21. The third-order valence-electron chi connectivity index (χ3n) is 3.59. The Morgan fingerprint density at radius 3 is 2.72 bits per heavy atom. The molecule has 0 fully saturated rings. The fourth-order valence-electron chi connectivity index (χ4n) is 2.35. The van der Waals surface area contributed by atoms with Crippen LogP contribution in [0.3, 0.4) is 0 Å². The summed E-state index contributed by atoms with van der Waals surface area (Å²) in [6.07, 6.45) is 1.74. The lowest BCUT2D eigenvalue weighted by molar-refractivity contribution is 0.271. The molecule has 126 valence electrons. The van der Waals surface area contributed by atoms with Gasteiger partial charge in [-0.05, 0) is 47.9 Å². The molecule has 0 aliphatic carbocycles. The van der Waals surface area contributed by atoms with Crippen LogP contribution in [-0.2, 0) is 0 Å². The van der Waals surface area contributed by atoms with Crippen molar-refractivity contribution in [2.45, 2.75) is 13.8 Å². The molecule has 1 N–H and O–H groups in total. The fraction of sp³-hybridized carbons (Fsp3) is 0.200. The van der Waals surface area contributed by atoms with Gasteiger partial charge in [0.05, 0.1) is 23.2 Å². The van der Waals surface area contributed by atoms with Gasteiger partial charge in [0.15, 0.2) is 0 Å². The van der Waals surface area contributed by atoms with Gasteiger partial charge >= 0.3 is 0 Å². The molecule has 0 unspecified atom stereocenters. The number of fused-ring (bicyclic) bond motifs is 1. The summed E-state index contributed by atoms with van der Waals surface area (Å²) < 4.78 is 18.9. The molecule has 4 nitrogen and oxygen atoms in total. The summed E-state index contributed by atoms with van der Waals surface area (Å²) in [5.74, 6) is 1.33. The summed E-state index contributed by atoms with van der Waals surface area (Å²) in [6.45, 7) is 4.85. The van der Waals surface area contributed by atoms with Crippen LogP contribution < -0.4 is 4.74 Å². The zero-order chi connectivity index (χ0) is 17.8. The van der Waals surface area contributed by atoms with Crippen LogP contribution in [0.25, 0.3) is 22.7 Å². The van der Waals surface area contributed by atoms with E-state index in [9.17, 15) is 9.65 Å². The Balaban J connectivity index is 1.85. The van der Waals surface area contributed by atoms with Crippen molar-refractivity contribution in [3.8, 4) is 11.8 Å². The number of nitrogens with zero attached hydrogens (tertiary/aromatic N) is 2. The molecule has 0 atom stereocenters. The van der Waals surface area contributed by atoms with Crippen LogP contribution in [-0.4, -0.2) is 16.6 Å². The molecule has 1 aromatic heterocycles. The number of hydrogen-bond donors (Lipinski definition) is 1. The SMILES string of the molecule is CC(C)COc1ccc(/C=C(/C#N)c2nc3ccc(F)cc3[nH]2)cc1. The lowest BCUT2D eigenvalue weighted by Gasteiger charge is -2.08. The second-order valence-corrected chi connectivity index (χ2v) is 6.19. The van der Waals surface area contributed by atoms with Gasteiger partial charge in [0.2, 0.25) is 0 Å². The number of nitriles is 1. The molecular formula is C20H18FN3O. The molecule has 3 rings (SSSR count). The van der Waals surface area contributed by atoms with Crippen molar-refractivity contribution in [2.24, 2.45) is 5.92 Å². The van der Waals surface area contributed by atoms with Crippen molar-refractivity contribution in [3.63, 3.8) is 0 Å². The van der Waals surface area contributed by atoms with Crippen LogP contribution in [0.4, 0.5) is 4.39 Å². The summed E-state index contributed by atoms with van der Waals surface area (Å²) in [6, 6.07) is 13.9. The number of halogens is 1. The number of rotatable bonds is 5. The minimum atomic E-state index is -0.345. The average Bonchev–Trinajstić information content (AvgIpc) is 3.01. The molecule has 0 aliphatic heterocycles. The van der Waals surface area contributed by atoms with Crippen LogP contribution in [0, 0.1) is 23.1 Å². The van der Waals surface area contributed by atoms with Gasteiger partial charge in [-0.15, -0.1) is 0 Å². The lowest BCUT2D eigenvalue weighted by Crippen LogP contribution is -2.04. The van der Waals surface area contributed by atoms with Crippen molar-refractivity contribution in [1.82, 2.24) is 9.97 Å². The largest absolute Gasteiger partial charge is 0.493 e. The van der Waals surface area contributed by atoms with Gasteiger partial charge in [-0.2, -0.15) is 5.26 Å². The van der Waals surface area contributed by atoms with E-state index in [1.54, 1.807) is 12.1 Å². The second-order valence-electron chi connectivity index (χ2n) is 6.19. The molecular weight excluding hydrogens is 317 g/mol. The maximum Gasteiger partial charge on any atom is 0.149 e. The van der Waals surface area contributed by atoms with Crippen molar-refractivity contribution in [2.75, 3.05) is 6.61 Å². The van der Waals surface area contributed by atoms with Crippen LogP contribution >= 0.6 is 0 Å². The van der Waals surface area contributed by atoms with Gasteiger partial charge in [-0.1, -0.05) is 26.0 Å². The maximum atomic E-state index is 13.3. The summed E-state index contributed by atoms with van der Waals surface area (Å²) in [4.78, 5) is 7.34. The molecule has 25 heavy (non-hydrogen) atoms. The van der Waals surface area contributed by atoms with Gasteiger partial charge in [0.25, 0.3) is 0 Å². The summed E-state index contributed by atoms with van der Waals surface area (Å²) >= 11 is 0. The first kappa shape index (κ1) is 16.7. The normalized spacial score (nSPS) is 11.7. The Morgan fingerprint density at radius 2 is 2.04 bits per heavy atom. The first-order chi connectivity index (χ1) is 12.0. The van der Waals surface area contributed by atoms with Crippen molar-refractivity contribution >= 4 is 22.7 Å². The molecule has 3 aromatic rings. The van der Waals surface area contributed by atoms with Gasteiger partial charge in [0, 0.05) is 0 Å².